The maximum atomic E-state index is 6.51. The molecule has 0 aliphatic carbocycles. The first-order valence-corrected chi connectivity index (χ1v) is 11.6. The highest BCUT2D eigenvalue weighted by molar-refractivity contribution is 5.29. The van der Waals surface area contributed by atoms with E-state index in [0.29, 0.717) is 17.8 Å². The zero-order valence-corrected chi connectivity index (χ0v) is 20.3. The van der Waals surface area contributed by atoms with Gasteiger partial charge in [0, 0.05) is 6.42 Å². The second kappa shape index (κ2) is 11.0. The van der Waals surface area contributed by atoms with Crippen molar-refractivity contribution in [1.82, 2.24) is 0 Å². The van der Waals surface area contributed by atoms with E-state index < -0.39 is 0 Å². The first-order chi connectivity index (χ1) is 14.2. The van der Waals surface area contributed by atoms with Gasteiger partial charge in [0.2, 0.25) is 6.29 Å². The van der Waals surface area contributed by atoms with Gasteiger partial charge in [-0.3, -0.25) is 0 Å². The van der Waals surface area contributed by atoms with E-state index >= 15 is 0 Å². The molecule has 0 bridgehead atoms. The summed E-state index contributed by atoms with van der Waals surface area (Å²) in [7, 11) is 0. The van der Waals surface area contributed by atoms with Crippen LogP contribution in [0.25, 0.3) is 0 Å². The second-order valence-corrected chi connectivity index (χ2v) is 9.63. The molecule has 166 valence electrons. The predicted molar refractivity (Wildman–Crippen MR) is 128 cm³/mol. The van der Waals surface area contributed by atoms with Crippen LogP contribution in [0.2, 0.25) is 0 Å². The average molecular weight is 411 g/mol. The Balaban J connectivity index is 2.23. The summed E-state index contributed by atoms with van der Waals surface area (Å²) in [6.07, 6.45) is 1.66. The topological polar surface area (TPSA) is 18.5 Å². The van der Waals surface area contributed by atoms with Crippen molar-refractivity contribution in [3.05, 3.63) is 65.7 Å². The van der Waals surface area contributed by atoms with Crippen molar-refractivity contribution in [2.24, 2.45) is 17.3 Å². The lowest BCUT2D eigenvalue weighted by molar-refractivity contribution is -0.144. The molecule has 0 saturated heterocycles. The second-order valence-electron chi connectivity index (χ2n) is 9.63. The van der Waals surface area contributed by atoms with E-state index in [1.165, 1.54) is 11.1 Å². The first kappa shape index (κ1) is 24.5. The molecule has 0 aromatic heterocycles. The summed E-state index contributed by atoms with van der Waals surface area (Å²) in [6, 6.07) is 18.9. The van der Waals surface area contributed by atoms with Crippen LogP contribution in [-0.2, 0) is 4.74 Å². The third-order valence-electron chi connectivity index (χ3n) is 7.20. The molecule has 0 amide bonds. The molecule has 0 radical (unpaired) electrons. The molecule has 2 heteroatoms. The lowest BCUT2D eigenvalue weighted by Crippen LogP contribution is -2.37. The summed E-state index contributed by atoms with van der Waals surface area (Å²) in [5, 5.41) is 0. The van der Waals surface area contributed by atoms with Crippen molar-refractivity contribution in [2.75, 3.05) is 0 Å². The van der Waals surface area contributed by atoms with E-state index in [1.807, 2.05) is 6.07 Å². The Morgan fingerprint density at radius 2 is 1.33 bits per heavy atom. The minimum absolute atomic E-state index is 0.0286. The monoisotopic (exact) mass is 410 g/mol. The SMILES string of the molecule is CCC(C)c1ccc(OC(CC(C)(C(C)C)C(C)C)OC(C)c2ccccc2)cc1. The maximum Gasteiger partial charge on any atom is 0.201 e. The van der Waals surface area contributed by atoms with Crippen molar-refractivity contribution in [3.8, 4) is 5.75 Å². The number of benzene rings is 2. The van der Waals surface area contributed by atoms with Crippen LogP contribution in [0, 0.1) is 17.3 Å². The third-order valence-corrected chi connectivity index (χ3v) is 7.20. The molecule has 2 aromatic rings. The zero-order valence-electron chi connectivity index (χ0n) is 20.3. The van der Waals surface area contributed by atoms with Gasteiger partial charge in [0.1, 0.15) is 5.75 Å². The highest BCUT2D eigenvalue weighted by atomic mass is 16.7. The molecular formula is C28H42O2. The van der Waals surface area contributed by atoms with Crippen LogP contribution in [-0.4, -0.2) is 6.29 Å². The molecule has 3 atom stereocenters. The molecule has 2 aromatic carbocycles. The van der Waals surface area contributed by atoms with Gasteiger partial charge in [-0.25, -0.2) is 0 Å². The molecule has 0 aliphatic rings. The van der Waals surface area contributed by atoms with E-state index in [1.54, 1.807) is 0 Å². The molecule has 0 fully saturated rings. The quantitative estimate of drug-likeness (QED) is 0.346. The minimum atomic E-state index is -0.301. The van der Waals surface area contributed by atoms with Crippen LogP contribution >= 0.6 is 0 Å². The maximum absolute atomic E-state index is 6.51. The summed E-state index contributed by atoms with van der Waals surface area (Å²) < 4.78 is 13.0. The van der Waals surface area contributed by atoms with Crippen molar-refractivity contribution in [3.63, 3.8) is 0 Å². The van der Waals surface area contributed by atoms with Gasteiger partial charge in [-0.05, 0) is 59.8 Å². The van der Waals surface area contributed by atoms with Crippen LogP contribution in [0.1, 0.15) is 91.4 Å². The van der Waals surface area contributed by atoms with Gasteiger partial charge in [0.05, 0.1) is 6.10 Å². The highest BCUT2D eigenvalue weighted by Gasteiger charge is 2.36. The molecule has 2 rings (SSSR count). The van der Waals surface area contributed by atoms with Gasteiger partial charge in [0.15, 0.2) is 0 Å². The van der Waals surface area contributed by atoms with E-state index in [2.05, 4.69) is 104 Å². The lowest BCUT2D eigenvalue weighted by atomic mass is 9.68. The van der Waals surface area contributed by atoms with Crippen LogP contribution in [0.15, 0.2) is 54.6 Å². The molecule has 2 nitrogen and oxygen atoms in total. The van der Waals surface area contributed by atoms with Crippen molar-refractivity contribution in [2.45, 2.75) is 86.5 Å². The largest absolute Gasteiger partial charge is 0.465 e. The van der Waals surface area contributed by atoms with Crippen molar-refractivity contribution >= 4 is 0 Å². The van der Waals surface area contributed by atoms with Crippen LogP contribution in [0.3, 0.4) is 0 Å². The van der Waals surface area contributed by atoms with Crippen LogP contribution in [0.5, 0.6) is 5.75 Å². The Kier molecular flexibility index (Phi) is 8.97. The standard InChI is InChI=1S/C28H42O2/c1-9-22(6)24-15-17-26(18-16-24)30-27(19-28(8,20(2)3)21(4)5)29-23(7)25-13-11-10-12-14-25/h10-18,20-23,27H,9,19H2,1-8H3. The summed E-state index contributed by atoms with van der Waals surface area (Å²) in [6.45, 7) is 18.2. The Morgan fingerprint density at radius 1 is 0.767 bits per heavy atom. The zero-order chi connectivity index (χ0) is 22.3. The first-order valence-electron chi connectivity index (χ1n) is 11.6. The van der Waals surface area contributed by atoms with E-state index in [4.69, 9.17) is 9.47 Å². The summed E-state index contributed by atoms with van der Waals surface area (Å²) in [4.78, 5) is 0. The molecule has 3 unspecified atom stereocenters. The fraction of sp³-hybridized carbons (Fsp3) is 0.571. The predicted octanol–water partition coefficient (Wildman–Crippen LogP) is 8.39. The Hall–Kier alpha value is -1.80. The van der Waals surface area contributed by atoms with E-state index in [-0.39, 0.29) is 17.8 Å². The summed E-state index contributed by atoms with van der Waals surface area (Å²) in [5.41, 5.74) is 2.65. The van der Waals surface area contributed by atoms with Gasteiger partial charge in [-0.15, -0.1) is 0 Å². The molecule has 0 N–H and O–H groups in total. The van der Waals surface area contributed by atoms with Gasteiger partial charge < -0.3 is 9.47 Å². The van der Waals surface area contributed by atoms with Crippen molar-refractivity contribution in [1.29, 1.82) is 0 Å². The Morgan fingerprint density at radius 3 is 1.83 bits per heavy atom. The number of hydrogen-bond donors (Lipinski definition) is 0. The van der Waals surface area contributed by atoms with Crippen molar-refractivity contribution < 1.29 is 9.47 Å². The summed E-state index contributed by atoms with van der Waals surface area (Å²) >= 11 is 0. The molecule has 30 heavy (non-hydrogen) atoms. The van der Waals surface area contributed by atoms with Gasteiger partial charge >= 0.3 is 0 Å². The summed E-state index contributed by atoms with van der Waals surface area (Å²) in [5.74, 6) is 2.51. The number of rotatable bonds is 11. The number of ether oxygens (including phenoxy) is 2. The van der Waals surface area contributed by atoms with Gasteiger partial charge in [-0.1, -0.05) is 90.9 Å². The smallest absolute Gasteiger partial charge is 0.201 e. The Bertz CT molecular complexity index is 725. The lowest BCUT2D eigenvalue weighted by Gasteiger charge is -2.41. The van der Waals surface area contributed by atoms with Gasteiger partial charge in [-0.2, -0.15) is 0 Å². The van der Waals surface area contributed by atoms with Gasteiger partial charge in [0.25, 0.3) is 0 Å². The van der Waals surface area contributed by atoms with Crippen LogP contribution in [0.4, 0.5) is 0 Å². The highest BCUT2D eigenvalue weighted by Crippen LogP contribution is 2.41. The molecule has 0 heterocycles. The number of hydrogen-bond acceptors (Lipinski definition) is 2. The van der Waals surface area contributed by atoms with E-state index in [9.17, 15) is 0 Å². The van der Waals surface area contributed by atoms with E-state index in [0.717, 1.165) is 18.6 Å². The molecule has 0 saturated carbocycles. The average Bonchev–Trinajstić information content (AvgIpc) is 2.73. The fourth-order valence-corrected chi connectivity index (χ4v) is 3.91. The molecule has 0 aliphatic heterocycles. The Labute approximate surface area is 185 Å². The fourth-order valence-electron chi connectivity index (χ4n) is 3.91. The van der Waals surface area contributed by atoms with Crippen LogP contribution < -0.4 is 4.74 Å². The molecule has 0 spiro atoms. The normalized spacial score (nSPS) is 15.3. The molecular weight excluding hydrogens is 368 g/mol. The minimum Gasteiger partial charge on any atom is -0.465 e. The third kappa shape index (κ3) is 6.35.